The van der Waals surface area contributed by atoms with Gasteiger partial charge in [-0.3, -0.25) is 9.78 Å². The summed E-state index contributed by atoms with van der Waals surface area (Å²) in [5, 5.41) is 4.14. The van der Waals surface area contributed by atoms with Crippen LogP contribution in [0.15, 0.2) is 79.3 Å². The molecule has 0 spiro atoms. The van der Waals surface area contributed by atoms with E-state index in [-0.39, 0.29) is 11.8 Å². The van der Waals surface area contributed by atoms with Crippen LogP contribution in [0.4, 0.5) is 0 Å². The van der Waals surface area contributed by atoms with Gasteiger partial charge in [0.2, 0.25) is 5.91 Å². The van der Waals surface area contributed by atoms with Gasteiger partial charge in [-0.1, -0.05) is 37.3 Å². The first-order valence-corrected chi connectivity index (χ1v) is 9.88. The number of pyridine rings is 2. The zero-order chi connectivity index (χ0) is 20.1. The number of carbonyl (C=O) groups excluding carboxylic acids is 1. The van der Waals surface area contributed by atoms with Gasteiger partial charge in [0.15, 0.2) is 0 Å². The van der Waals surface area contributed by atoms with Crippen LogP contribution in [0.1, 0.15) is 24.8 Å². The summed E-state index contributed by atoms with van der Waals surface area (Å²) in [4.78, 5) is 21.1. The number of carbonyl (C=O) groups is 1. The van der Waals surface area contributed by atoms with Gasteiger partial charge in [0.05, 0.1) is 5.69 Å². The minimum Gasteiger partial charge on any atom is -0.355 e. The minimum absolute atomic E-state index is 0.0474. The molecule has 0 aliphatic heterocycles. The van der Waals surface area contributed by atoms with Crippen molar-refractivity contribution in [1.82, 2.24) is 19.9 Å². The molecule has 1 amide bonds. The number of benzene rings is 1. The minimum atomic E-state index is 0.0474. The van der Waals surface area contributed by atoms with Crippen LogP contribution in [-0.4, -0.2) is 27.0 Å². The fourth-order valence-electron chi connectivity index (χ4n) is 3.54. The smallest absolute Gasteiger partial charge is 0.221 e. The number of amides is 1. The molecule has 0 saturated heterocycles. The molecule has 0 saturated carbocycles. The van der Waals surface area contributed by atoms with Gasteiger partial charge in [-0.25, -0.2) is 4.98 Å². The topological polar surface area (TPSA) is 59.8 Å². The van der Waals surface area contributed by atoms with E-state index in [0.717, 1.165) is 22.3 Å². The van der Waals surface area contributed by atoms with Crippen LogP contribution in [0.2, 0.25) is 0 Å². The molecule has 0 radical (unpaired) electrons. The van der Waals surface area contributed by atoms with E-state index < -0.39 is 0 Å². The number of nitrogens with zero attached hydrogens (tertiary/aromatic N) is 3. The first-order chi connectivity index (χ1) is 14.2. The van der Waals surface area contributed by atoms with Crippen molar-refractivity contribution in [3.63, 3.8) is 0 Å². The summed E-state index contributed by atoms with van der Waals surface area (Å²) in [7, 11) is 0. The predicted octanol–water partition coefficient (Wildman–Crippen LogP) is 4.41. The lowest BCUT2D eigenvalue weighted by molar-refractivity contribution is -0.121. The molecular formula is C24H24N4O. The summed E-state index contributed by atoms with van der Waals surface area (Å²) in [6, 6.07) is 20.3. The van der Waals surface area contributed by atoms with E-state index in [0.29, 0.717) is 19.5 Å². The SMILES string of the molecule is CC(CNC(=O)CCn1c(-c2ccncc2)cc2cccnc21)c1ccccc1. The number of nitrogens with one attached hydrogen (secondary N) is 1. The highest BCUT2D eigenvalue weighted by atomic mass is 16.1. The van der Waals surface area contributed by atoms with Gasteiger partial charge >= 0.3 is 0 Å². The molecule has 4 rings (SSSR count). The van der Waals surface area contributed by atoms with Gasteiger partial charge in [-0.15, -0.1) is 0 Å². The maximum atomic E-state index is 12.5. The molecule has 3 aromatic heterocycles. The Bertz CT molecular complexity index is 1090. The molecule has 1 aromatic carbocycles. The lowest BCUT2D eigenvalue weighted by Gasteiger charge is -2.14. The van der Waals surface area contributed by atoms with Crippen molar-refractivity contribution in [2.24, 2.45) is 0 Å². The Morgan fingerprint density at radius 2 is 1.83 bits per heavy atom. The van der Waals surface area contributed by atoms with E-state index in [1.54, 1.807) is 18.6 Å². The molecule has 0 bridgehead atoms. The van der Waals surface area contributed by atoms with Crippen LogP contribution in [0, 0.1) is 0 Å². The highest BCUT2D eigenvalue weighted by Gasteiger charge is 2.13. The average Bonchev–Trinajstić information content (AvgIpc) is 3.16. The van der Waals surface area contributed by atoms with Crippen molar-refractivity contribution >= 4 is 16.9 Å². The van der Waals surface area contributed by atoms with Crippen LogP contribution in [-0.2, 0) is 11.3 Å². The number of rotatable bonds is 7. The average molecular weight is 384 g/mol. The number of hydrogen-bond donors (Lipinski definition) is 1. The molecule has 1 unspecified atom stereocenters. The van der Waals surface area contributed by atoms with E-state index in [1.165, 1.54) is 5.56 Å². The fourth-order valence-corrected chi connectivity index (χ4v) is 3.54. The van der Waals surface area contributed by atoms with Crippen LogP contribution in [0.5, 0.6) is 0 Å². The second kappa shape index (κ2) is 8.69. The largest absolute Gasteiger partial charge is 0.355 e. The fraction of sp³-hybridized carbons (Fsp3) is 0.208. The van der Waals surface area contributed by atoms with Crippen LogP contribution >= 0.6 is 0 Å². The summed E-state index contributed by atoms with van der Waals surface area (Å²) in [6.07, 6.45) is 5.75. The molecule has 146 valence electrons. The molecule has 0 fully saturated rings. The molecule has 0 aliphatic rings. The maximum absolute atomic E-state index is 12.5. The van der Waals surface area contributed by atoms with Crippen molar-refractivity contribution in [3.8, 4) is 11.3 Å². The summed E-state index contributed by atoms with van der Waals surface area (Å²) >= 11 is 0. The third kappa shape index (κ3) is 4.35. The molecule has 1 atom stereocenters. The van der Waals surface area contributed by atoms with Gasteiger partial charge in [0.25, 0.3) is 0 Å². The van der Waals surface area contributed by atoms with Crippen molar-refractivity contribution in [2.75, 3.05) is 6.54 Å². The van der Waals surface area contributed by atoms with Gasteiger partial charge in [0, 0.05) is 49.1 Å². The Kier molecular flexibility index (Phi) is 5.66. The third-order valence-electron chi connectivity index (χ3n) is 5.17. The zero-order valence-corrected chi connectivity index (χ0v) is 16.5. The molecule has 1 N–H and O–H groups in total. The number of aryl methyl sites for hydroxylation is 1. The van der Waals surface area contributed by atoms with Crippen molar-refractivity contribution in [2.45, 2.75) is 25.8 Å². The van der Waals surface area contributed by atoms with E-state index in [1.807, 2.05) is 42.5 Å². The van der Waals surface area contributed by atoms with Crippen molar-refractivity contribution in [1.29, 1.82) is 0 Å². The maximum Gasteiger partial charge on any atom is 0.221 e. The van der Waals surface area contributed by atoms with E-state index >= 15 is 0 Å². The summed E-state index contributed by atoms with van der Waals surface area (Å²) in [5.74, 6) is 0.327. The lowest BCUT2D eigenvalue weighted by atomic mass is 10.0. The third-order valence-corrected chi connectivity index (χ3v) is 5.17. The van der Waals surface area contributed by atoms with Crippen molar-refractivity contribution in [3.05, 3.63) is 84.8 Å². The molecule has 5 heteroatoms. The summed E-state index contributed by atoms with van der Waals surface area (Å²) in [6.45, 7) is 3.33. The van der Waals surface area contributed by atoms with Gasteiger partial charge in [0.1, 0.15) is 5.65 Å². The van der Waals surface area contributed by atoms with E-state index in [9.17, 15) is 4.79 Å². The highest BCUT2D eigenvalue weighted by molar-refractivity contribution is 5.84. The molecule has 0 aliphatic carbocycles. The summed E-state index contributed by atoms with van der Waals surface area (Å²) < 4.78 is 2.12. The van der Waals surface area contributed by atoms with Gasteiger partial charge in [-0.2, -0.15) is 0 Å². The van der Waals surface area contributed by atoms with Crippen molar-refractivity contribution < 1.29 is 4.79 Å². The Hall–Kier alpha value is -3.47. The number of aromatic nitrogens is 3. The number of hydrogen-bond acceptors (Lipinski definition) is 3. The summed E-state index contributed by atoms with van der Waals surface area (Å²) in [5.41, 5.74) is 4.24. The van der Waals surface area contributed by atoms with Crippen LogP contribution in [0.3, 0.4) is 0 Å². The molecule has 5 nitrogen and oxygen atoms in total. The first-order valence-electron chi connectivity index (χ1n) is 9.88. The van der Waals surface area contributed by atoms with E-state index in [2.05, 4.69) is 45.0 Å². The molecule has 29 heavy (non-hydrogen) atoms. The number of fused-ring (bicyclic) bond motifs is 1. The highest BCUT2D eigenvalue weighted by Crippen LogP contribution is 2.27. The molecule has 3 heterocycles. The van der Waals surface area contributed by atoms with E-state index in [4.69, 9.17) is 0 Å². The van der Waals surface area contributed by atoms with Crippen LogP contribution in [0.25, 0.3) is 22.3 Å². The monoisotopic (exact) mass is 384 g/mol. The Labute approximate surface area is 170 Å². The van der Waals surface area contributed by atoms with Gasteiger partial charge < -0.3 is 9.88 Å². The normalized spacial score (nSPS) is 12.0. The predicted molar refractivity (Wildman–Crippen MR) is 115 cm³/mol. The quantitative estimate of drug-likeness (QED) is 0.513. The second-order valence-electron chi connectivity index (χ2n) is 7.20. The molecule has 4 aromatic rings. The Morgan fingerprint density at radius 3 is 2.62 bits per heavy atom. The lowest BCUT2D eigenvalue weighted by Crippen LogP contribution is -2.28. The van der Waals surface area contributed by atoms with Crippen LogP contribution < -0.4 is 5.32 Å². The zero-order valence-electron chi connectivity index (χ0n) is 16.5. The first kappa shape index (κ1) is 18.9. The Morgan fingerprint density at radius 1 is 1.03 bits per heavy atom. The Balaban J connectivity index is 1.46. The standard InChI is InChI=1S/C24H24N4O/c1-18(19-6-3-2-4-7-19)17-27-23(29)11-15-28-22(20-9-13-25-14-10-20)16-21-8-5-12-26-24(21)28/h2-10,12-14,16,18H,11,15,17H2,1H3,(H,27,29). The second-order valence-corrected chi connectivity index (χ2v) is 7.20. The molecular weight excluding hydrogens is 360 g/mol. The van der Waals surface area contributed by atoms with Gasteiger partial charge in [-0.05, 0) is 41.8 Å².